The Morgan fingerprint density at radius 1 is 1.67 bits per heavy atom. The maximum Gasteiger partial charge on any atom is 0.277 e. The predicted molar refractivity (Wildman–Crippen MR) is 51.1 cm³/mol. The summed E-state index contributed by atoms with van der Waals surface area (Å²) in [4.78, 5) is 13.8. The summed E-state index contributed by atoms with van der Waals surface area (Å²) in [6.45, 7) is 1.85. The number of fused-ring (bicyclic) bond motifs is 1. The number of aromatic amines is 1. The first-order valence-electron chi connectivity index (χ1n) is 3.29. The minimum atomic E-state index is -0.155. The van der Waals surface area contributed by atoms with Gasteiger partial charge < -0.3 is 4.98 Å². The number of halogens is 1. The van der Waals surface area contributed by atoms with E-state index in [1.807, 2.05) is 6.92 Å². The van der Waals surface area contributed by atoms with Crippen molar-refractivity contribution in [3.8, 4) is 0 Å². The molecule has 2 aromatic heterocycles. The summed E-state index contributed by atoms with van der Waals surface area (Å²) in [7, 11) is 0. The molecular weight excluding hydrogens is 271 g/mol. The van der Waals surface area contributed by atoms with Gasteiger partial charge in [0.2, 0.25) is 0 Å². The lowest BCUT2D eigenvalue weighted by atomic mass is 10.3. The van der Waals surface area contributed by atoms with E-state index in [2.05, 4.69) is 37.8 Å². The van der Waals surface area contributed by atoms with Gasteiger partial charge in [-0.25, -0.2) is 0 Å². The fourth-order valence-corrected chi connectivity index (χ4v) is 1.47. The molecule has 0 bridgehead atoms. The van der Waals surface area contributed by atoms with Crippen molar-refractivity contribution in [1.82, 2.24) is 19.8 Å². The molecule has 0 spiro atoms. The Hall–Kier alpha value is -0.920. The Morgan fingerprint density at radius 2 is 2.42 bits per heavy atom. The van der Waals surface area contributed by atoms with E-state index in [1.165, 1.54) is 11.0 Å². The zero-order valence-corrected chi connectivity index (χ0v) is 8.36. The van der Waals surface area contributed by atoms with E-state index in [-0.39, 0.29) is 5.56 Å². The van der Waals surface area contributed by atoms with Gasteiger partial charge in [0.25, 0.3) is 5.56 Å². The standard InChI is InChI=1S/C6H5IN4O/c1-3-4-6(12)8-2-9-11(4)10-5(3)7/h2H,1H3,(H,8,9,12). The lowest BCUT2D eigenvalue weighted by Crippen LogP contribution is -2.11. The summed E-state index contributed by atoms with van der Waals surface area (Å²) in [6, 6.07) is 0. The lowest BCUT2D eigenvalue weighted by molar-refractivity contribution is 0.766. The highest BCUT2D eigenvalue weighted by Crippen LogP contribution is 2.10. The number of hydrogen-bond acceptors (Lipinski definition) is 3. The zero-order chi connectivity index (χ0) is 8.72. The fourth-order valence-electron chi connectivity index (χ4n) is 1.01. The average molecular weight is 276 g/mol. The molecule has 0 radical (unpaired) electrons. The molecule has 0 aromatic carbocycles. The van der Waals surface area contributed by atoms with Gasteiger partial charge in [-0.2, -0.15) is 0 Å². The molecule has 0 fully saturated rings. The Kier molecular flexibility index (Phi) is 1.63. The molecule has 0 aliphatic rings. The molecular formula is C6H5IN4O. The third kappa shape index (κ3) is 0.942. The SMILES string of the molecule is Cc1c(I)nn2nc[nH]c(=O)c12. The molecule has 2 rings (SSSR count). The van der Waals surface area contributed by atoms with E-state index < -0.39 is 0 Å². The van der Waals surface area contributed by atoms with Gasteiger partial charge in [-0.1, -0.05) is 0 Å². The van der Waals surface area contributed by atoms with Crippen molar-refractivity contribution < 1.29 is 0 Å². The highest BCUT2D eigenvalue weighted by atomic mass is 127. The molecule has 62 valence electrons. The molecule has 0 unspecified atom stereocenters. The van der Waals surface area contributed by atoms with Crippen LogP contribution >= 0.6 is 22.6 Å². The van der Waals surface area contributed by atoms with Gasteiger partial charge in [-0.05, 0) is 29.5 Å². The van der Waals surface area contributed by atoms with Gasteiger partial charge in [-0.3, -0.25) is 4.79 Å². The summed E-state index contributed by atoms with van der Waals surface area (Å²) in [5.41, 5.74) is 1.23. The third-order valence-electron chi connectivity index (χ3n) is 1.62. The van der Waals surface area contributed by atoms with Crippen molar-refractivity contribution >= 4 is 28.1 Å². The molecule has 0 aliphatic heterocycles. The van der Waals surface area contributed by atoms with Gasteiger partial charge >= 0.3 is 0 Å². The number of H-pyrrole nitrogens is 1. The average Bonchev–Trinajstić information content (AvgIpc) is 2.29. The maximum atomic E-state index is 11.3. The molecule has 0 saturated heterocycles. The van der Waals surface area contributed by atoms with Crippen molar-refractivity contribution in [3.05, 3.63) is 25.9 Å². The van der Waals surface area contributed by atoms with Crippen LogP contribution in [-0.4, -0.2) is 19.8 Å². The summed E-state index contributed by atoms with van der Waals surface area (Å²) in [5, 5.41) is 7.91. The molecule has 0 amide bonds. The van der Waals surface area contributed by atoms with Crippen LogP contribution in [0.2, 0.25) is 0 Å². The summed E-state index contributed by atoms with van der Waals surface area (Å²) >= 11 is 2.07. The third-order valence-corrected chi connectivity index (χ3v) is 2.65. The van der Waals surface area contributed by atoms with E-state index in [0.717, 1.165) is 9.26 Å². The van der Waals surface area contributed by atoms with Gasteiger partial charge in [-0.15, -0.1) is 14.8 Å². The van der Waals surface area contributed by atoms with Crippen molar-refractivity contribution in [2.75, 3.05) is 0 Å². The summed E-state index contributed by atoms with van der Waals surface area (Å²) < 4.78 is 2.15. The second-order valence-electron chi connectivity index (χ2n) is 2.37. The number of aromatic nitrogens is 4. The predicted octanol–water partition coefficient (Wildman–Crippen LogP) is 0.331. The molecule has 6 heteroatoms. The molecule has 0 aliphatic carbocycles. The quantitative estimate of drug-likeness (QED) is 0.705. The smallest absolute Gasteiger partial charge is 0.277 e. The van der Waals surface area contributed by atoms with Crippen LogP contribution in [-0.2, 0) is 0 Å². The van der Waals surface area contributed by atoms with Crippen molar-refractivity contribution in [3.63, 3.8) is 0 Å². The number of nitrogens with one attached hydrogen (secondary N) is 1. The van der Waals surface area contributed by atoms with Gasteiger partial charge in [0.05, 0.1) is 0 Å². The molecule has 0 atom stereocenters. The molecule has 5 nitrogen and oxygen atoms in total. The van der Waals surface area contributed by atoms with E-state index in [1.54, 1.807) is 0 Å². The van der Waals surface area contributed by atoms with Crippen LogP contribution in [0.25, 0.3) is 5.52 Å². The minimum Gasteiger partial charge on any atom is -0.310 e. The zero-order valence-electron chi connectivity index (χ0n) is 6.21. The number of hydrogen-bond donors (Lipinski definition) is 1. The molecule has 12 heavy (non-hydrogen) atoms. The largest absolute Gasteiger partial charge is 0.310 e. The van der Waals surface area contributed by atoms with Gasteiger partial charge in [0.15, 0.2) is 5.52 Å². The van der Waals surface area contributed by atoms with Gasteiger partial charge in [0.1, 0.15) is 10.0 Å². The highest BCUT2D eigenvalue weighted by Gasteiger charge is 2.08. The maximum absolute atomic E-state index is 11.3. The summed E-state index contributed by atoms with van der Waals surface area (Å²) in [6.07, 6.45) is 1.33. The monoisotopic (exact) mass is 276 g/mol. The molecule has 1 N–H and O–H groups in total. The highest BCUT2D eigenvalue weighted by molar-refractivity contribution is 14.1. The topological polar surface area (TPSA) is 63.1 Å². The lowest BCUT2D eigenvalue weighted by Gasteiger charge is -1.87. The molecule has 2 aromatic rings. The Morgan fingerprint density at radius 3 is 3.08 bits per heavy atom. The van der Waals surface area contributed by atoms with Gasteiger partial charge in [0, 0.05) is 5.56 Å². The van der Waals surface area contributed by atoms with E-state index >= 15 is 0 Å². The van der Waals surface area contributed by atoms with Crippen LogP contribution in [0.1, 0.15) is 5.56 Å². The van der Waals surface area contributed by atoms with E-state index in [0.29, 0.717) is 5.52 Å². The molecule has 0 saturated carbocycles. The van der Waals surface area contributed by atoms with Crippen LogP contribution in [0.3, 0.4) is 0 Å². The first-order valence-corrected chi connectivity index (χ1v) is 4.37. The normalized spacial score (nSPS) is 10.8. The second kappa shape index (κ2) is 2.54. The van der Waals surface area contributed by atoms with E-state index in [4.69, 9.17) is 0 Å². The first kappa shape index (κ1) is 7.71. The Bertz CT molecular complexity index is 486. The van der Waals surface area contributed by atoms with Crippen LogP contribution in [0, 0.1) is 10.6 Å². The number of aryl methyl sites for hydroxylation is 1. The minimum absolute atomic E-state index is 0.155. The van der Waals surface area contributed by atoms with Crippen LogP contribution in [0.5, 0.6) is 0 Å². The van der Waals surface area contributed by atoms with E-state index in [9.17, 15) is 4.79 Å². The van der Waals surface area contributed by atoms with Crippen LogP contribution in [0.4, 0.5) is 0 Å². The Balaban J connectivity index is 3.07. The number of rotatable bonds is 0. The van der Waals surface area contributed by atoms with Crippen molar-refractivity contribution in [1.29, 1.82) is 0 Å². The summed E-state index contributed by atoms with van der Waals surface area (Å²) in [5.74, 6) is 0. The van der Waals surface area contributed by atoms with Crippen LogP contribution in [0.15, 0.2) is 11.1 Å². The fraction of sp³-hybridized carbons (Fsp3) is 0.167. The first-order chi connectivity index (χ1) is 5.70. The number of nitrogens with zero attached hydrogens (tertiary/aromatic N) is 3. The molecule has 2 heterocycles. The van der Waals surface area contributed by atoms with Crippen molar-refractivity contribution in [2.24, 2.45) is 0 Å². The second-order valence-corrected chi connectivity index (χ2v) is 3.39. The van der Waals surface area contributed by atoms with Crippen molar-refractivity contribution in [2.45, 2.75) is 6.92 Å². The Labute approximate surface area is 80.9 Å². The van der Waals surface area contributed by atoms with Crippen LogP contribution < -0.4 is 5.56 Å².